The van der Waals surface area contributed by atoms with E-state index in [9.17, 15) is 0 Å². The van der Waals surface area contributed by atoms with Crippen LogP contribution in [0.25, 0.3) is 11.3 Å². The zero-order valence-corrected chi connectivity index (χ0v) is 13.5. The Morgan fingerprint density at radius 1 is 0.952 bits per heavy atom. The van der Waals surface area contributed by atoms with Crippen molar-refractivity contribution in [2.24, 2.45) is 0 Å². The van der Waals surface area contributed by atoms with Gasteiger partial charge in [-0.1, -0.05) is 45.0 Å². The lowest BCUT2D eigenvalue weighted by atomic mass is 10.0. The van der Waals surface area contributed by atoms with Gasteiger partial charge in [0.1, 0.15) is 11.6 Å². The number of nitrogens with one attached hydrogen (secondary N) is 1. The summed E-state index contributed by atoms with van der Waals surface area (Å²) in [4.78, 5) is 9.36. The summed E-state index contributed by atoms with van der Waals surface area (Å²) in [5.74, 6) is 1.87. The van der Waals surface area contributed by atoms with Crippen LogP contribution in [0, 0.1) is 6.92 Å². The van der Waals surface area contributed by atoms with Crippen molar-refractivity contribution in [1.29, 1.82) is 0 Å². The Morgan fingerprint density at radius 3 is 2.24 bits per heavy atom. The van der Waals surface area contributed by atoms with Gasteiger partial charge in [0, 0.05) is 24.1 Å². The maximum atomic E-state index is 4.73. The van der Waals surface area contributed by atoms with Crippen molar-refractivity contribution in [3.8, 4) is 11.3 Å². The molecule has 0 radical (unpaired) electrons. The van der Waals surface area contributed by atoms with Crippen LogP contribution >= 0.6 is 0 Å². The largest absolute Gasteiger partial charge is 0.370 e. The van der Waals surface area contributed by atoms with Gasteiger partial charge in [-0.3, -0.25) is 0 Å². The third-order valence-corrected chi connectivity index (χ3v) is 3.69. The zero-order valence-electron chi connectivity index (χ0n) is 13.5. The second-order valence-electron chi connectivity index (χ2n) is 5.29. The first kappa shape index (κ1) is 15.5. The predicted molar refractivity (Wildman–Crippen MR) is 89.7 cm³/mol. The first-order chi connectivity index (χ1) is 10.2. The molecular formula is C18H25N3. The summed E-state index contributed by atoms with van der Waals surface area (Å²) in [6, 6.07) is 8.69. The minimum atomic E-state index is 0.848. The Morgan fingerprint density at radius 2 is 1.67 bits per heavy atom. The highest BCUT2D eigenvalue weighted by atomic mass is 15.0. The average molecular weight is 283 g/mol. The lowest BCUT2D eigenvalue weighted by Crippen LogP contribution is -2.08. The van der Waals surface area contributed by atoms with Crippen LogP contribution in [0.5, 0.6) is 0 Å². The molecule has 2 rings (SSSR count). The number of benzene rings is 1. The van der Waals surface area contributed by atoms with Crippen LogP contribution in [0.15, 0.2) is 24.3 Å². The van der Waals surface area contributed by atoms with Crippen molar-refractivity contribution in [2.45, 2.75) is 47.0 Å². The fourth-order valence-corrected chi connectivity index (χ4v) is 2.32. The number of nitrogens with zero attached hydrogens (tertiary/aromatic N) is 2. The molecule has 0 atom stereocenters. The minimum Gasteiger partial charge on any atom is -0.370 e. The molecule has 21 heavy (non-hydrogen) atoms. The smallest absolute Gasteiger partial charge is 0.133 e. The number of aromatic nitrogens is 2. The number of hydrogen-bond acceptors (Lipinski definition) is 3. The van der Waals surface area contributed by atoms with Crippen molar-refractivity contribution < 1.29 is 0 Å². The van der Waals surface area contributed by atoms with Crippen LogP contribution in [-0.4, -0.2) is 16.5 Å². The molecule has 0 fully saturated rings. The van der Waals surface area contributed by atoms with Gasteiger partial charge in [0.05, 0.1) is 5.69 Å². The second kappa shape index (κ2) is 7.21. The molecule has 0 aliphatic heterocycles. The van der Waals surface area contributed by atoms with E-state index in [4.69, 9.17) is 4.98 Å². The number of hydrogen-bond donors (Lipinski definition) is 1. The van der Waals surface area contributed by atoms with Crippen LogP contribution in [0.2, 0.25) is 0 Å². The highest BCUT2D eigenvalue weighted by Crippen LogP contribution is 2.26. The van der Waals surface area contributed by atoms with Crippen LogP contribution in [0.3, 0.4) is 0 Å². The van der Waals surface area contributed by atoms with E-state index < -0.39 is 0 Å². The highest BCUT2D eigenvalue weighted by molar-refractivity contribution is 5.68. The highest BCUT2D eigenvalue weighted by Gasteiger charge is 2.11. The normalized spacial score (nSPS) is 10.7. The van der Waals surface area contributed by atoms with Crippen molar-refractivity contribution in [3.63, 3.8) is 0 Å². The fourth-order valence-electron chi connectivity index (χ4n) is 2.32. The molecule has 112 valence electrons. The summed E-state index contributed by atoms with van der Waals surface area (Å²) in [5, 5.41) is 3.42. The molecule has 0 unspecified atom stereocenters. The first-order valence-corrected chi connectivity index (χ1v) is 7.90. The summed E-state index contributed by atoms with van der Waals surface area (Å²) in [6.07, 6.45) is 3.00. The number of rotatable bonds is 6. The van der Waals surface area contributed by atoms with Gasteiger partial charge in [-0.05, 0) is 25.3 Å². The van der Waals surface area contributed by atoms with E-state index in [1.807, 2.05) is 0 Å². The molecule has 0 aliphatic rings. The van der Waals surface area contributed by atoms with E-state index >= 15 is 0 Å². The van der Waals surface area contributed by atoms with Gasteiger partial charge in [0.25, 0.3) is 0 Å². The van der Waals surface area contributed by atoms with Crippen molar-refractivity contribution in [1.82, 2.24) is 9.97 Å². The molecule has 0 aliphatic carbocycles. The summed E-state index contributed by atoms with van der Waals surface area (Å²) in [6.45, 7) is 9.47. The van der Waals surface area contributed by atoms with Gasteiger partial charge in [-0.15, -0.1) is 0 Å². The molecular weight excluding hydrogens is 258 g/mol. The molecule has 3 heteroatoms. The SMILES string of the molecule is CCCNc1nc(CC)nc(-c2ccc(CC)cc2)c1C. The average Bonchev–Trinajstić information content (AvgIpc) is 2.54. The standard InChI is InChI=1S/C18H25N3/c1-5-12-19-18-13(4)17(20-16(7-3)21-18)15-10-8-14(6-2)9-11-15/h8-11H,5-7,12H2,1-4H3,(H,19,20,21). The van der Waals surface area contributed by atoms with Gasteiger partial charge in [0.15, 0.2) is 0 Å². The maximum Gasteiger partial charge on any atom is 0.133 e. The fraction of sp³-hybridized carbons (Fsp3) is 0.444. The Bertz CT molecular complexity index is 588. The summed E-state index contributed by atoms with van der Waals surface area (Å²) < 4.78 is 0. The van der Waals surface area contributed by atoms with E-state index in [1.54, 1.807) is 0 Å². The van der Waals surface area contributed by atoms with Gasteiger partial charge in [0.2, 0.25) is 0 Å². The quantitative estimate of drug-likeness (QED) is 0.854. The van der Waals surface area contributed by atoms with Gasteiger partial charge in [-0.25, -0.2) is 9.97 Å². The van der Waals surface area contributed by atoms with E-state index in [1.165, 1.54) is 11.1 Å². The first-order valence-electron chi connectivity index (χ1n) is 7.90. The monoisotopic (exact) mass is 283 g/mol. The molecule has 2 aromatic rings. The molecule has 0 saturated heterocycles. The Labute approximate surface area is 127 Å². The molecule has 1 N–H and O–H groups in total. The second-order valence-corrected chi connectivity index (χ2v) is 5.29. The Balaban J connectivity index is 2.44. The van der Waals surface area contributed by atoms with Crippen LogP contribution in [-0.2, 0) is 12.8 Å². The van der Waals surface area contributed by atoms with Crippen molar-refractivity contribution in [3.05, 3.63) is 41.2 Å². The van der Waals surface area contributed by atoms with Gasteiger partial charge < -0.3 is 5.32 Å². The molecule has 0 amide bonds. The third-order valence-electron chi connectivity index (χ3n) is 3.69. The van der Waals surface area contributed by atoms with E-state index in [0.29, 0.717) is 0 Å². The van der Waals surface area contributed by atoms with E-state index in [0.717, 1.165) is 48.7 Å². The number of anilines is 1. The topological polar surface area (TPSA) is 37.8 Å². The lowest BCUT2D eigenvalue weighted by molar-refractivity contribution is 0.911. The van der Waals surface area contributed by atoms with Crippen molar-refractivity contribution in [2.75, 3.05) is 11.9 Å². The molecule has 3 nitrogen and oxygen atoms in total. The number of aryl methyl sites for hydroxylation is 2. The van der Waals surface area contributed by atoms with Gasteiger partial charge in [-0.2, -0.15) is 0 Å². The van der Waals surface area contributed by atoms with E-state index in [2.05, 4.69) is 62.3 Å². The lowest BCUT2D eigenvalue weighted by Gasteiger charge is -2.13. The molecule has 0 bridgehead atoms. The predicted octanol–water partition coefficient (Wildman–Crippen LogP) is 4.40. The van der Waals surface area contributed by atoms with E-state index in [-0.39, 0.29) is 0 Å². The molecule has 0 saturated carbocycles. The molecule has 1 aromatic heterocycles. The third kappa shape index (κ3) is 3.60. The summed E-state index contributed by atoms with van der Waals surface area (Å²) >= 11 is 0. The summed E-state index contributed by atoms with van der Waals surface area (Å²) in [5.41, 5.74) is 4.69. The molecule has 1 heterocycles. The van der Waals surface area contributed by atoms with Crippen LogP contribution < -0.4 is 5.32 Å². The van der Waals surface area contributed by atoms with Crippen LogP contribution in [0.1, 0.15) is 44.1 Å². The molecule has 1 aromatic carbocycles. The Kier molecular flexibility index (Phi) is 5.32. The summed E-state index contributed by atoms with van der Waals surface area (Å²) in [7, 11) is 0. The van der Waals surface area contributed by atoms with Gasteiger partial charge >= 0.3 is 0 Å². The van der Waals surface area contributed by atoms with Crippen molar-refractivity contribution >= 4 is 5.82 Å². The zero-order chi connectivity index (χ0) is 15.2. The molecule has 0 spiro atoms. The Hall–Kier alpha value is -1.90. The van der Waals surface area contributed by atoms with Crippen LogP contribution in [0.4, 0.5) is 5.82 Å². The minimum absolute atomic E-state index is 0.848. The maximum absolute atomic E-state index is 4.73.